The van der Waals surface area contributed by atoms with Crippen molar-refractivity contribution in [3.8, 4) is 17.0 Å². The number of halogens is 3. The van der Waals surface area contributed by atoms with Crippen molar-refractivity contribution < 1.29 is 17.9 Å². The lowest BCUT2D eigenvalue weighted by Gasteiger charge is -2.14. The summed E-state index contributed by atoms with van der Waals surface area (Å²) in [5.74, 6) is 0.374. The largest absolute Gasteiger partial charge is 0.490 e. The molecule has 0 unspecified atom stereocenters. The molecule has 0 aliphatic heterocycles. The van der Waals surface area contributed by atoms with Crippen molar-refractivity contribution in [3.05, 3.63) is 46.5 Å². The van der Waals surface area contributed by atoms with Crippen LogP contribution in [0.15, 0.2) is 35.1 Å². The van der Waals surface area contributed by atoms with Crippen LogP contribution < -0.4 is 10.4 Å². The summed E-state index contributed by atoms with van der Waals surface area (Å²) in [6, 6.07) is 7.30. The summed E-state index contributed by atoms with van der Waals surface area (Å²) in [7, 11) is 0. The van der Waals surface area contributed by atoms with Gasteiger partial charge in [-0.25, -0.2) is 4.79 Å². The minimum absolute atomic E-state index is 0.0812. The molecule has 112 valence electrons. The van der Waals surface area contributed by atoms with E-state index in [4.69, 9.17) is 4.74 Å². The normalized spacial score (nSPS) is 11.7. The van der Waals surface area contributed by atoms with Gasteiger partial charge >= 0.3 is 11.9 Å². The molecule has 1 aromatic carbocycles. The van der Waals surface area contributed by atoms with Crippen LogP contribution in [0.1, 0.15) is 19.5 Å². The monoisotopic (exact) mass is 298 g/mol. The van der Waals surface area contributed by atoms with Gasteiger partial charge in [-0.15, -0.1) is 0 Å². The van der Waals surface area contributed by atoms with Crippen LogP contribution in [0.3, 0.4) is 0 Å². The van der Waals surface area contributed by atoms with E-state index in [0.29, 0.717) is 11.3 Å². The van der Waals surface area contributed by atoms with E-state index in [1.807, 2.05) is 0 Å². The number of para-hydroxylation sites is 1. The lowest BCUT2D eigenvalue weighted by molar-refractivity contribution is -0.141. The summed E-state index contributed by atoms with van der Waals surface area (Å²) >= 11 is 0. The standard InChI is InChI=1S/C14H13F3N2O2/c1-8(2)21-11-6-4-3-5-9(11)10-7-12(14(15,16)17)19-13(20)18-10/h3-8H,1-2H3,(H,18,19,20). The fourth-order valence-electron chi connectivity index (χ4n) is 1.78. The molecule has 4 nitrogen and oxygen atoms in total. The van der Waals surface area contributed by atoms with Crippen LogP contribution in [0.25, 0.3) is 11.3 Å². The summed E-state index contributed by atoms with van der Waals surface area (Å²) in [6.45, 7) is 3.59. The number of aromatic nitrogens is 2. The van der Waals surface area contributed by atoms with Gasteiger partial charge in [0.25, 0.3) is 0 Å². The average Bonchev–Trinajstić information content (AvgIpc) is 2.37. The third kappa shape index (κ3) is 3.62. The second kappa shape index (κ2) is 5.59. The first-order chi connectivity index (χ1) is 9.77. The SMILES string of the molecule is CC(C)Oc1ccccc1-c1cc(C(F)(F)F)[nH]c(=O)n1. The van der Waals surface area contributed by atoms with Gasteiger partial charge in [0.1, 0.15) is 11.4 Å². The van der Waals surface area contributed by atoms with E-state index in [0.717, 1.165) is 6.07 Å². The fourth-order valence-corrected chi connectivity index (χ4v) is 1.78. The van der Waals surface area contributed by atoms with E-state index in [1.54, 1.807) is 43.1 Å². The highest BCUT2D eigenvalue weighted by Gasteiger charge is 2.32. The minimum Gasteiger partial charge on any atom is -0.490 e. The molecule has 1 N–H and O–H groups in total. The molecule has 2 aromatic rings. The number of hydrogen-bond donors (Lipinski definition) is 1. The Morgan fingerprint density at radius 3 is 2.52 bits per heavy atom. The van der Waals surface area contributed by atoms with Crippen molar-refractivity contribution in [1.82, 2.24) is 9.97 Å². The number of aromatic amines is 1. The van der Waals surface area contributed by atoms with E-state index in [9.17, 15) is 18.0 Å². The number of benzene rings is 1. The van der Waals surface area contributed by atoms with Gasteiger partial charge in [-0.2, -0.15) is 18.2 Å². The Morgan fingerprint density at radius 2 is 1.90 bits per heavy atom. The topological polar surface area (TPSA) is 55.0 Å². The molecule has 0 radical (unpaired) electrons. The molecule has 7 heteroatoms. The van der Waals surface area contributed by atoms with Gasteiger partial charge in [-0.1, -0.05) is 12.1 Å². The Hall–Kier alpha value is -2.31. The van der Waals surface area contributed by atoms with Crippen LogP contribution in [0, 0.1) is 0 Å². The van der Waals surface area contributed by atoms with E-state index in [1.165, 1.54) is 0 Å². The van der Waals surface area contributed by atoms with Crippen molar-refractivity contribution in [2.75, 3.05) is 0 Å². The van der Waals surface area contributed by atoms with Gasteiger partial charge in [-0.3, -0.25) is 0 Å². The number of rotatable bonds is 3. The van der Waals surface area contributed by atoms with Crippen LogP contribution in [0.5, 0.6) is 5.75 Å². The smallest absolute Gasteiger partial charge is 0.431 e. The maximum absolute atomic E-state index is 12.7. The first-order valence-electron chi connectivity index (χ1n) is 6.22. The zero-order valence-electron chi connectivity index (χ0n) is 11.4. The van der Waals surface area contributed by atoms with Crippen LogP contribution in [-0.4, -0.2) is 16.1 Å². The van der Waals surface area contributed by atoms with Gasteiger partial charge < -0.3 is 9.72 Å². The summed E-state index contributed by atoms with van der Waals surface area (Å²) in [5, 5.41) is 0. The van der Waals surface area contributed by atoms with Gasteiger partial charge in [0.2, 0.25) is 0 Å². The summed E-state index contributed by atoms with van der Waals surface area (Å²) in [4.78, 5) is 16.6. The Kier molecular flexibility index (Phi) is 4.02. The van der Waals surface area contributed by atoms with Gasteiger partial charge in [0.05, 0.1) is 11.8 Å². The highest BCUT2D eigenvalue weighted by molar-refractivity contribution is 5.67. The van der Waals surface area contributed by atoms with Gasteiger partial charge in [0, 0.05) is 5.56 Å². The summed E-state index contributed by atoms with van der Waals surface area (Å²) in [5.41, 5.74) is -1.94. The lowest BCUT2D eigenvalue weighted by atomic mass is 10.1. The lowest BCUT2D eigenvalue weighted by Crippen LogP contribution is -2.19. The Balaban J connectivity index is 2.57. The molecule has 0 saturated heterocycles. The molecule has 2 rings (SSSR count). The van der Waals surface area contributed by atoms with Crippen LogP contribution in [-0.2, 0) is 6.18 Å². The molecule has 21 heavy (non-hydrogen) atoms. The molecule has 0 atom stereocenters. The van der Waals surface area contributed by atoms with Crippen LogP contribution in [0.2, 0.25) is 0 Å². The zero-order valence-corrected chi connectivity index (χ0v) is 11.4. The molecular formula is C14H13F3N2O2. The number of H-pyrrole nitrogens is 1. The Morgan fingerprint density at radius 1 is 1.24 bits per heavy atom. The Bertz CT molecular complexity index is 693. The third-order valence-corrected chi connectivity index (χ3v) is 2.58. The number of nitrogens with one attached hydrogen (secondary N) is 1. The number of alkyl halides is 3. The molecular weight excluding hydrogens is 285 g/mol. The first-order valence-corrected chi connectivity index (χ1v) is 6.22. The van der Waals surface area contributed by atoms with Crippen molar-refractivity contribution in [3.63, 3.8) is 0 Å². The maximum Gasteiger partial charge on any atom is 0.431 e. The average molecular weight is 298 g/mol. The predicted molar refractivity (Wildman–Crippen MR) is 71.1 cm³/mol. The van der Waals surface area contributed by atoms with Crippen LogP contribution >= 0.6 is 0 Å². The highest BCUT2D eigenvalue weighted by atomic mass is 19.4. The second-order valence-electron chi connectivity index (χ2n) is 4.65. The van der Waals surface area contributed by atoms with Gasteiger partial charge in [0.15, 0.2) is 0 Å². The molecule has 1 aromatic heterocycles. The first kappa shape index (κ1) is 15.1. The maximum atomic E-state index is 12.7. The highest BCUT2D eigenvalue weighted by Crippen LogP contribution is 2.32. The second-order valence-corrected chi connectivity index (χ2v) is 4.65. The van der Waals surface area contributed by atoms with Crippen molar-refractivity contribution >= 4 is 0 Å². The van der Waals surface area contributed by atoms with Crippen molar-refractivity contribution in [2.45, 2.75) is 26.1 Å². The van der Waals surface area contributed by atoms with E-state index >= 15 is 0 Å². The summed E-state index contributed by atoms with van der Waals surface area (Å²) in [6.07, 6.45) is -4.81. The van der Waals surface area contributed by atoms with Crippen molar-refractivity contribution in [1.29, 1.82) is 0 Å². The number of ether oxygens (including phenoxy) is 1. The number of nitrogens with zero attached hydrogens (tertiary/aromatic N) is 1. The zero-order chi connectivity index (χ0) is 15.6. The predicted octanol–water partition coefficient (Wildman–Crippen LogP) is 3.24. The van der Waals surface area contributed by atoms with E-state index in [-0.39, 0.29) is 11.8 Å². The molecule has 0 bridgehead atoms. The van der Waals surface area contributed by atoms with E-state index < -0.39 is 17.6 Å². The molecule has 0 spiro atoms. The third-order valence-electron chi connectivity index (χ3n) is 2.58. The quantitative estimate of drug-likeness (QED) is 0.946. The van der Waals surface area contributed by atoms with Gasteiger partial charge in [-0.05, 0) is 32.0 Å². The molecule has 0 aliphatic carbocycles. The molecule has 0 saturated carbocycles. The fraction of sp³-hybridized carbons (Fsp3) is 0.286. The van der Waals surface area contributed by atoms with Crippen molar-refractivity contribution in [2.24, 2.45) is 0 Å². The molecule has 0 fully saturated rings. The molecule has 0 aliphatic rings. The molecule has 0 amide bonds. The molecule has 1 heterocycles. The summed E-state index contributed by atoms with van der Waals surface area (Å²) < 4.78 is 43.8. The van der Waals surface area contributed by atoms with Crippen LogP contribution in [0.4, 0.5) is 13.2 Å². The number of hydrogen-bond acceptors (Lipinski definition) is 3. The minimum atomic E-state index is -4.65. The van der Waals surface area contributed by atoms with E-state index in [2.05, 4.69) is 4.98 Å². The Labute approximate surface area is 118 Å².